The summed E-state index contributed by atoms with van der Waals surface area (Å²) in [5.41, 5.74) is 4.94. The number of aliphatic imine (C=N–C) groups is 1. The third-order valence-electron chi connectivity index (χ3n) is 7.65. The highest BCUT2D eigenvalue weighted by Gasteiger charge is 2.46. The number of hydrogen-bond donors (Lipinski definition) is 1. The van der Waals surface area contributed by atoms with E-state index >= 15 is 0 Å². The first kappa shape index (κ1) is 27.0. The minimum Gasteiger partial charge on any atom is -0.481 e. The van der Waals surface area contributed by atoms with Crippen molar-refractivity contribution < 1.29 is 29.0 Å². The van der Waals surface area contributed by atoms with Crippen LogP contribution in [0, 0.1) is 12.8 Å². The fraction of sp³-hybridized carbons (Fsp3) is 0.281. The summed E-state index contributed by atoms with van der Waals surface area (Å²) in [6.07, 6.45) is 0.259. The van der Waals surface area contributed by atoms with E-state index < -0.39 is 29.8 Å². The number of carbonyl (C=O) groups excluding carboxylic acids is 3. The lowest BCUT2D eigenvalue weighted by molar-refractivity contribution is -0.138. The van der Waals surface area contributed by atoms with Gasteiger partial charge in [0.2, 0.25) is 5.91 Å². The van der Waals surface area contributed by atoms with Gasteiger partial charge in [0.25, 0.3) is 0 Å². The Morgan fingerprint density at radius 2 is 1.60 bits per heavy atom. The second-order valence-corrected chi connectivity index (χ2v) is 10.3. The van der Waals surface area contributed by atoms with E-state index in [0.29, 0.717) is 34.6 Å². The van der Waals surface area contributed by atoms with E-state index in [2.05, 4.69) is 0 Å². The quantitative estimate of drug-likeness (QED) is 0.411. The number of esters is 1. The Balaban J connectivity index is 1.64. The Hall–Kier alpha value is -4.59. The van der Waals surface area contributed by atoms with Gasteiger partial charge in [-0.2, -0.15) is 0 Å². The molecule has 1 N–H and O–H groups in total. The molecule has 3 unspecified atom stereocenters. The SMILES string of the molecule is COC(=O)c1ccc(C2C3C(=O)CC(c4ccc(C)cc4)CC3=Nc3ccccc3N2C(=O)CCC(=O)O)cc1. The van der Waals surface area contributed by atoms with Gasteiger partial charge < -0.3 is 14.7 Å². The molecule has 0 radical (unpaired) electrons. The van der Waals surface area contributed by atoms with E-state index in [1.54, 1.807) is 42.5 Å². The van der Waals surface area contributed by atoms with Crippen molar-refractivity contribution in [2.24, 2.45) is 10.9 Å². The number of amides is 1. The first-order chi connectivity index (χ1) is 19.3. The highest BCUT2D eigenvalue weighted by atomic mass is 16.5. The molecule has 1 heterocycles. The van der Waals surface area contributed by atoms with Crippen LogP contribution in [0.3, 0.4) is 0 Å². The molecule has 1 aliphatic carbocycles. The molecule has 2 aliphatic rings. The number of carboxylic acid groups (broad SMARTS) is 1. The van der Waals surface area contributed by atoms with Gasteiger partial charge in [-0.05, 0) is 54.7 Å². The number of aryl methyl sites for hydroxylation is 1. The predicted octanol–water partition coefficient (Wildman–Crippen LogP) is 5.57. The Bertz CT molecular complexity index is 1490. The van der Waals surface area contributed by atoms with E-state index in [0.717, 1.165) is 11.1 Å². The van der Waals surface area contributed by atoms with Gasteiger partial charge in [0.15, 0.2) is 0 Å². The number of Topliss-reactive ketones (excluding diaryl/α,β-unsaturated/α-hetero) is 1. The van der Waals surface area contributed by atoms with Crippen LogP contribution >= 0.6 is 0 Å². The van der Waals surface area contributed by atoms with Crippen LogP contribution in [0.2, 0.25) is 0 Å². The van der Waals surface area contributed by atoms with E-state index in [1.807, 2.05) is 37.3 Å². The molecular weight excluding hydrogens is 508 g/mol. The van der Waals surface area contributed by atoms with Crippen molar-refractivity contribution in [1.29, 1.82) is 0 Å². The number of nitrogens with zero attached hydrogens (tertiary/aromatic N) is 2. The van der Waals surface area contributed by atoms with Crippen LogP contribution in [0.5, 0.6) is 0 Å². The zero-order valence-electron chi connectivity index (χ0n) is 22.4. The summed E-state index contributed by atoms with van der Waals surface area (Å²) in [6.45, 7) is 2.02. The number of para-hydroxylation sites is 2. The summed E-state index contributed by atoms with van der Waals surface area (Å²) < 4.78 is 4.83. The lowest BCUT2D eigenvalue weighted by Crippen LogP contribution is -2.45. The predicted molar refractivity (Wildman–Crippen MR) is 150 cm³/mol. The molecule has 1 fully saturated rings. The monoisotopic (exact) mass is 538 g/mol. The zero-order valence-corrected chi connectivity index (χ0v) is 22.4. The molecule has 1 amide bonds. The molecule has 204 valence electrons. The van der Waals surface area contributed by atoms with E-state index in [9.17, 15) is 24.3 Å². The van der Waals surface area contributed by atoms with Crippen LogP contribution in [-0.2, 0) is 19.1 Å². The highest BCUT2D eigenvalue weighted by Crippen LogP contribution is 2.47. The van der Waals surface area contributed by atoms with Crippen LogP contribution in [-0.4, -0.2) is 41.6 Å². The fourth-order valence-corrected chi connectivity index (χ4v) is 5.67. The molecule has 5 rings (SSSR count). The Labute approximate surface area is 232 Å². The molecule has 3 aromatic rings. The minimum absolute atomic E-state index is 0.0403. The fourth-order valence-electron chi connectivity index (χ4n) is 5.67. The van der Waals surface area contributed by atoms with Crippen molar-refractivity contribution in [3.63, 3.8) is 0 Å². The summed E-state index contributed by atoms with van der Waals surface area (Å²) in [4.78, 5) is 57.8. The third-order valence-corrected chi connectivity index (χ3v) is 7.65. The lowest BCUT2D eigenvalue weighted by atomic mass is 9.72. The van der Waals surface area contributed by atoms with Crippen LogP contribution in [0.25, 0.3) is 0 Å². The van der Waals surface area contributed by atoms with Crippen LogP contribution in [0.15, 0.2) is 77.8 Å². The van der Waals surface area contributed by atoms with Crippen molar-refractivity contribution in [2.45, 2.75) is 44.6 Å². The van der Waals surface area contributed by atoms with Gasteiger partial charge in [0, 0.05) is 18.6 Å². The average molecular weight is 539 g/mol. The molecule has 40 heavy (non-hydrogen) atoms. The van der Waals surface area contributed by atoms with Gasteiger partial charge in [0.1, 0.15) is 5.78 Å². The normalized spacial score (nSPS) is 20.1. The molecule has 1 aliphatic heterocycles. The first-order valence-corrected chi connectivity index (χ1v) is 13.2. The number of fused-ring (bicyclic) bond motifs is 2. The van der Waals surface area contributed by atoms with Gasteiger partial charge in [-0.1, -0.05) is 54.1 Å². The topological polar surface area (TPSA) is 113 Å². The molecule has 0 aromatic heterocycles. The van der Waals surface area contributed by atoms with Crippen molar-refractivity contribution in [3.8, 4) is 0 Å². The van der Waals surface area contributed by atoms with Crippen LogP contribution < -0.4 is 4.90 Å². The molecule has 3 aromatic carbocycles. The molecule has 0 bridgehead atoms. The maximum absolute atomic E-state index is 14.0. The van der Waals surface area contributed by atoms with E-state index in [1.165, 1.54) is 12.0 Å². The number of aliphatic carboxylic acids is 1. The highest BCUT2D eigenvalue weighted by molar-refractivity contribution is 6.13. The second kappa shape index (κ2) is 11.3. The molecular formula is C32H30N2O6. The smallest absolute Gasteiger partial charge is 0.337 e. The molecule has 0 saturated heterocycles. The molecule has 0 spiro atoms. The summed E-state index contributed by atoms with van der Waals surface area (Å²) in [5.74, 6) is -2.81. The van der Waals surface area contributed by atoms with Crippen LogP contribution in [0.1, 0.15) is 64.7 Å². The summed E-state index contributed by atoms with van der Waals surface area (Å²) in [7, 11) is 1.30. The summed E-state index contributed by atoms with van der Waals surface area (Å²) in [6, 6.07) is 21.2. The first-order valence-electron chi connectivity index (χ1n) is 13.2. The molecule has 8 heteroatoms. The minimum atomic E-state index is -1.08. The number of rotatable bonds is 6. The van der Waals surface area contributed by atoms with Crippen molar-refractivity contribution in [2.75, 3.05) is 12.0 Å². The van der Waals surface area contributed by atoms with Gasteiger partial charge in [0.05, 0.1) is 42.4 Å². The number of ketones is 1. The molecule has 1 saturated carbocycles. The van der Waals surface area contributed by atoms with Gasteiger partial charge in [-0.25, -0.2) is 4.79 Å². The van der Waals surface area contributed by atoms with E-state index in [4.69, 9.17) is 9.73 Å². The lowest BCUT2D eigenvalue weighted by Gasteiger charge is -2.39. The average Bonchev–Trinajstić information content (AvgIpc) is 3.10. The number of carboxylic acids is 1. The Morgan fingerprint density at radius 3 is 2.27 bits per heavy atom. The maximum atomic E-state index is 14.0. The van der Waals surface area contributed by atoms with Crippen molar-refractivity contribution in [3.05, 3.63) is 95.1 Å². The Morgan fingerprint density at radius 1 is 0.925 bits per heavy atom. The number of hydrogen-bond acceptors (Lipinski definition) is 6. The van der Waals surface area contributed by atoms with Crippen LogP contribution in [0.4, 0.5) is 11.4 Å². The number of benzene rings is 3. The number of anilines is 1. The largest absolute Gasteiger partial charge is 0.481 e. The summed E-state index contributed by atoms with van der Waals surface area (Å²) >= 11 is 0. The van der Waals surface area contributed by atoms with Gasteiger partial charge >= 0.3 is 11.9 Å². The van der Waals surface area contributed by atoms with E-state index in [-0.39, 0.29) is 31.0 Å². The number of methoxy groups -OCH3 is 1. The second-order valence-electron chi connectivity index (χ2n) is 10.3. The van der Waals surface area contributed by atoms with Gasteiger partial charge in [-0.3, -0.25) is 19.4 Å². The standard InChI is InChI=1S/C32H30N2O6/c1-19-7-9-20(10-8-19)23-17-25-30(27(35)18-23)31(21-11-13-22(14-12-21)32(39)40-2)34(28(36)15-16-29(37)38)26-6-4-3-5-24(26)33-25/h3-14,23,30-31H,15-18H2,1-2H3,(H,37,38). The number of carbonyl (C=O) groups is 4. The molecule has 3 atom stereocenters. The molecule has 8 nitrogen and oxygen atoms in total. The Kier molecular flexibility index (Phi) is 7.60. The zero-order chi connectivity index (χ0) is 28.4. The van der Waals surface area contributed by atoms with Gasteiger partial charge in [-0.15, -0.1) is 0 Å². The van der Waals surface area contributed by atoms with Crippen molar-refractivity contribution >= 4 is 40.7 Å². The van der Waals surface area contributed by atoms with Crippen molar-refractivity contribution in [1.82, 2.24) is 0 Å². The number of ether oxygens (including phenoxy) is 1. The summed E-state index contributed by atoms with van der Waals surface area (Å²) in [5, 5.41) is 9.29. The third kappa shape index (κ3) is 5.30. The maximum Gasteiger partial charge on any atom is 0.337 e.